The second-order valence-corrected chi connectivity index (χ2v) is 7.06. The highest BCUT2D eigenvalue weighted by Gasteiger charge is 2.14. The van der Waals surface area contributed by atoms with Crippen LogP contribution in [0.15, 0.2) is 45.5 Å². The maximum absolute atomic E-state index is 11.1. The zero-order valence-corrected chi connectivity index (χ0v) is 11.2. The van der Waals surface area contributed by atoms with Gasteiger partial charge in [0.05, 0.1) is 4.90 Å². The molecule has 2 rings (SSSR count). The molecule has 0 saturated carbocycles. The van der Waals surface area contributed by atoms with Crippen molar-refractivity contribution in [2.45, 2.75) is 9.79 Å². The van der Waals surface area contributed by atoms with E-state index in [0.717, 1.165) is 15.3 Å². The van der Waals surface area contributed by atoms with Gasteiger partial charge in [-0.3, -0.25) is 0 Å². The lowest BCUT2D eigenvalue weighted by Crippen LogP contribution is -1.85. The monoisotopic (exact) mass is 290 g/mol. The molecule has 2 nitrogen and oxygen atoms in total. The van der Waals surface area contributed by atoms with Crippen molar-refractivity contribution >= 4 is 43.7 Å². The van der Waals surface area contributed by atoms with Crippen molar-refractivity contribution in [1.29, 1.82) is 0 Å². The van der Waals surface area contributed by atoms with Gasteiger partial charge in [-0.25, -0.2) is 8.42 Å². The lowest BCUT2D eigenvalue weighted by Gasteiger charge is -2.00. The Bertz CT molecular complexity index is 616. The molecule has 1 aromatic heterocycles. The molecule has 0 bridgehead atoms. The lowest BCUT2D eigenvalue weighted by atomic mass is 10.2. The van der Waals surface area contributed by atoms with E-state index in [9.17, 15) is 8.42 Å². The van der Waals surface area contributed by atoms with Crippen LogP contribution in [0.25, 0.3) is 10.4 Å². The number of thiol groups is 1. The molecule has 0 aliphatic heterocycles. The topological polar surface area (TPSA) is 34.1 Å². The maximum Gasteiger partial charge on any atom is 0.262 e. The summed E-state index contributed by atoms with van der Waals surface area (Å²) in [6.45, 7) is 0. The van der Waals surface area contributed by atoms with Crippen LogP contribution in [0.4, 0.5) is 0 Å². The van der Waals surface area contributed by atoms with Gasteiger partial charge in [0.25, 0.3) is 9.05 Å². The minimum Gasteiger partial charge on any atom is -0.207 e. The predicted octanol–water partition coefficient (Wildman–Crippen LogP) is 3.63. The van der Waals surface area contributed by atoms with Gasteiger partial charge in [-0.05, 0) is 12.1 Å². The third kappa shape index (κ3) is 2.43. The van der Waals surface area contributed by atoms with Crippen LogP contribution < -0.4 is 0 Å². The molecule has 0 unspecified atom stereocenters. The summed E-state index contributed by atoms with van der Waals surface area (Å²) in [5, 5.41) is 1.53. The highest BCUT2D eigenvalue weighted by molar-refractivity contribution is 8.13. The molecule has 2 aromatic rings. The molecular weight excluding hydrogens is 284 g/mol. The first-order valence-electron chi connectivity index (χ1n) is 4.30. The molecule has 0 N–H and O–H groups in total. The Morgan fingerprint density at radius 3 is 2.50 bits per heavy atom. The minimum atomic E-state index is -3.65. The van der Waals surface area contributed by atoms with Crippen LogP contribution in [0.3, 0.4) is 0 Å². The Hall–Kier alpha value is -0.490. The molecule has 1 aromatic carbocycles. The standard InChI is InChI=1S/C10H7ClO2S3/c11-16(12,13)7-5-10(15-6-7)8-3-1-2-4-9(8)14/h1-6,14H. The molecule has 0 atom stereocenters. The molecule has 0 spiro atoms. The Balaban J connectivity index is 2.52. The van der Waals surface area contributed by atoms with Crippen LogP contribution in [0.1, 0.15) is 0 Å². The van der Waals surface area contributed by atoms with Crippen molar-refractivity contribution in [2.24, 2.45) is 0 Å². The van der Waals surface area contributed by atoms with Crippen molar-refractivity contribution < 1.29 is 8.42 Å². The van der Waals surface area contributed by atoms with E-state index >= 15 is 0 Å². The van der Waals surface area contributed by atoms with E-state index in [1.165, 1.54) is 16.7 Å². The Kier molecular flexibility index (Phi) is 3.30. The average molecular weight is 291 g/mol. The number of hydrogen-bond donors (Lipinski definition) is 1. The van der Waals surface area contributed by atoms with Crippen LogP contribution in [0.2, 0.25) is 0 Å². The smallest absolute Gasteiger partial charge is 0.207 e. The van der Waals surface area contributed by atoms with E-state index < -0.39 is 9.05 Å². The molecule has 6 heteroatoms. The molecule has 84 valence electrons. The minimum absolute atomic E-state index is 0.130. The summed E-state index contributed by atoms with van der Waals surface area (Å²) in [6.07, 6.45) is 0. The van der Waals surface area contributed by atoms with E-state index in [2.05, 4.69) is 12.6 Å². The summed E-state index contributed by atoms with van der Waals surface area (Å²) >= 11 is 5.65. The molecule has 0 fully saturated rings. The SMILES string of the molecule is O=S(=O)(Cl)c1csc(-c2ccccc2S)c1. The van der Waals surface area contributed by atoms with Gasteiger partial charge in [-0.15, -0.1) is 24.0 Å². The summed E-state index contributed by atoms with van der Waals surface area (Å²) in [4.78, 5) is 1.78. The number of rotatable bonds is 2. The second kappa shape index (κ2) is 4.41. The van der Waals surface area contributed by atoms with E-state index in [0.29, 0.717) is 0 Å². The van der Waals surface area contributed by atoms with Crippen molar-refractivity contribution in [3.63, 3.8) is 0 Å². The molecule has 16 heavy (non-hydrogen) atoms. The van der Waals surface area contributed by atoms with E-state index in [4.69, 9.17) is 10.7 Å². The summed E-state index contributed by atoms with van der Waals surface area (Å²) in [5.74, 6) is 0. The van der Waals surface area contributed by atoms with Gasteiger partial charge in [-0.1, -0.05) is 18.2 Å². The third-order valence-corrected chi connectivity index (χ3v) is 4.86. The van der Waals surface area contributed by atoms with Crippen molar-refractivity contribution in [1.82, 2.24) is 0 Å². The lowest BCUT2D eigenvalue weighted by molar-refractivity contribution is 0.610. The van der Waals surface area contributed by atoms with Crippen molar-refractivity contribution in [3.8, 4) is 10.4 Å². The van der Waals surface area contributed by atoms with Gasteiger partial charge in [-0.2, -0.15) is 0 Å². The Morgan fingerprint density at radius 1 is 1.25 bits per heavy atom. The van der Waals surface area contributed by atoms with Crippen LogP contribution >= 0.6 is 34.6 Å². The van der Waals surface area contributed by atoms with Crippen molar-refractivity contribution in [2.75, 3.05) is 0 Å². The van der Waals surface area contributed by atoms with Crippen LogP contribution in [0, 0.1) is 0 Å². The van der Waals surface area contributed by atoms with E-state index in [1.807, 2.05) is 24.3 Å². The highest BCUT2D eigenvalue weighted by Crippen LogP contribution is 2.33. The van der Waals surface area contributed by atoms with Gasteiger partial charge in [0.1, 0.15) is 0 Å². The maximum atomic E-state index is 11.1. The van der Waals surface area contributed by atoms with Crippen molar-refractivity contribution in [3.05, 3.63) is 35.7 Å². The van der Waals surface area contributed by atoms with Crippen LogP contribution in [-0.4, -0.2) is 8.42 Å². The molecule has 0 radical (unpaired) electrons. The Labute approximate surface area is 108 Å². The molecule has 0 aliphatic carbocycles. The first-order chi connectivity index (χ1) is 7.48. The quantitative estimate of drug-likeness (QED) is 0.677. The number of hydrogen-bond acceptors (Lipinski definition) is 4. The largest absolute Gasteiger partial charge is 0.262 e. The summed E-state index contributed by atoms with van der Waals surface area (Å²) in [5.41, 5.74) is 0.905. The number of benzene rings is 1. The fraction of sp³-hybridized carbons (Fsp3) is 0. The molecule has 1 heterocycles. The first kappa shape index (κ1) is 12.0. The zero-order chi connectivity index (χ0) is 11.8. The van der Waals surface area contributed by atoms with Crippen LogP contribution in [0.5, 0.6) is 0 Å². The zero-order valence-electron chi connectivity index (χ0n) is 7.92. The van der Waals surface area contributed by atoms with Gasteiger partial charge >= 0.3 is 0 Å². The Morgan fingerprint density at radius 2 is 1.94 bits per heavy atom. The predicted molar refractivity (Wildman–Crippen MR) is 70.0 cm³/mol. The summed E-state index contributed by atoms with van der Waals surface area (Å²) < 4.78 is 22.2. The highest BCUT2D eigenvalue weighted by atomic mass is 35.7. The normalized spacial score (nSPS) is 11.6. The fourth-order valence-corrected chi connectivity index (χ4v) is 3.84. The van der Waals surface area contributed by atoms with Gasteiger partial charge in [0.15, 0.2) is 0 Å². The van der Waals surface area contributed by atoms with E-state index in [-0.39, 0.29) is 4.90 Å². The second-order valence-electron chi connectivity index (χ2n) is 3.10. The third-order valence-electron chi connectivity index (χ3n) is 2.03. The van der Waals surface area contributed by atoms with Gasteiger partial charge in [0.2, 0.25) is 0 Å². The molecular formula is C10H7ClO2S3. The molecule has 0 saturated heterocycles. The average Bonchev–Trinajstić information content (AvgIpc) is 2.66. The first-order valence-corrected chi connectivity index (χ1v) is 7.93. The van der Waals surface area contributed by atoms with Gasteiger partial charge < -0.3 is 0 Å². The molecule has 0 amide bonds. The van der Waals surface area contributed by atoms with E-state index in [1.54, 1.807) is 6.07 Å². The van der Waals surface area contributed by atoms with Gasteiger partial charge in [0, 0.05) is 31.4 Å². The fourth-order valence-electron chi connectivity index (χ4n) is 1.27. The summed E-state index contributed by atoms with van der Waals surface area (Å²) in [6, 6.07) is 9.05. The van der Waals surface area contributed by atoms with Crippen LogP contribution in [-0.2, 0) is 9.05 Å². The number of thiophene rings is 1. The number of halogens is 1. The summed E-state index contributed by atoms with van der Waals surface area (Å²) in [7, 11) is 1.61. The molecule has 0 aliphatic rings.